The van der Waals surface area contributed by atoms with Crippen LogP contribution in [0.3, 0.4) is 0 Å². The summed E-state index contributed by atoms with van der Waals surface area (Å²) in [5.41, 5.74) is 2.89. The number of nitrogens with zero attached hydrogens (tertiary/aromatic N) is 3. The minimum absolute atomic E-state index is 0.0263. The Labute approximate surface area is 196 Å². The number of hydrogen-bond donors (Lipinski definition) is 1. The van der Waals surface area contributed by atoms with Crippen molar-refractivity contribution in [2.75, 3.05) is 31.1 Å². The quantitative estimate of drug-likeness (QED) is 0.672. The zero-order chi connectivity index (χ0) is 24.0. The van der Waals surface area contributed by atoms with Gasteiger partial charge in [-0.15, -0.1) is 0 Å². The number of β-amino-alcohol motifs (C(OH)–C–C–N with tert-alkyl or cyclic N) is 1. The van der Waals surface area contributed by atoms with Gasteiger partial charge in [-0.05, 0) is 68.6 Å². The predicted octanol–water partition coefficient (Wildman–Crippen LogP) is 3.55. The lowest BCUT2D eigenvalue weighted by atomic mass is 9.77. The molecular weight excluding hydrogens is 444 g/mol. The Morgan fingerprint density at radius 3 is 2.53 bits per heavy atom. The number of piperidine rings is 1. The monoisotopic (exact) mass is 471 g/mol. The summed E-state index contributed by atoms with van der Waals surface area (Å²) in [5.74, 6) is -0.296. The van der Waals surface area contributed by atoms with Gasteiger partial charge in [0.2, 0.25) is 5.91 Å². The Balaban J connectivity index is 1.21. The maximum absolute atomic E-state index is 13.3. The van der Waals surface area contributed by atoms with Crippen molar-refractivity contribution in [3.63, 3.8) is 0 Å². The molecule has 2 fully saturated rings. The van der Waals surface area contributed by atoms with E-state index in [1.807, 2.05) is 6.92 Å². The summed E-state index contributed by atoms with van der Waals surface area (Å²) >= 11 is 0. The molecule has 1 amide bonds. The van der Waals surface area contributed by atoms with E-state index in [2.05, 4.69) is 9.88 Å². The molecule has 0 unspecified atom stereocenters. The minimum atomic E-state index is -2.63. The van der Waals surface area contributed by atoms with Crippen LogP contribution in [0.5, 0.6) is 0 Å². The van der Waals surface area contributed by atoms with Crippen LogP contribution in [0.4, 0.5) is 14.5 Å². The normalized spacial score (nSPS) is 20.8. The lowest BCUT2D eigenvalue weighted by Gasteiger charge is -2.38. The van der Waals surface area contributed by atoms with Crippen LogP contribution in [0.25, 0.3) is 0 Å². The first-order chi connectivity index (χ1) is 16.3. The number of aliphatic hydroxyl groups is 1. The lowest BCUT2D eigenvalue weighted by Crippen LogP contribution is -2.45. The number of carbonyl (C=O) groups is 2. The molecule has 2 saturated heterocycles. The maximum atomic E-state index is 13.3. The van der Waals surface area contributed by atoms with Gasteiger partial charge >= 0.3 is 5.97 Å². The first-order valence-electron chi connectivity index (χ1n) is 11.5. The zero-order valence-electron chi connectivity index (χ0n) is 19.0. The molecule has 2 aromatic rings. The second kappa shape index (κ2) is 8.70. The fourth-order valence-corrected chi connectivity index (χ4v) is 5.45. The van der Waals surface area contributed by atoms with Gasteiger partial charge in [-0.1, -0.05) is 6.07 Å². The molecule has 7 nitrogen and oxygen atoms in total. The van der Waals surface area contributed by atoms with Crippen molar-refractivity contribution in [1.29, 1.82) is 0 Å². The van der Waals surface area contributed by atoms with Crippen LogP contribution in [0, 0.1) is 12.3 Å². The molecule has 5 rings (SSSR count). The molecule has 1 aromatic heterocycles. The van der Waals surface area contributed by atoms with Crippen LogP contribution in [-0.2, 0) is 16.1 Å². The molecule has 3 aliphatic heterocycles. The second-order valence-electron chi connectivity index (χ2n) is 9.43. The van der Waals surface area contributed by atoms with Gasteiger partial charge in [0, 0.05) is 18.7 Å². The fourth-order valence-electron chi connectivity index (χ4n) is 5.45. The number of alkyl halides is 2. The summed E-state index contributed by atoms with van der Waals surface area (Å²) in [5, 5.41) is 10.9. The summed E-state index contributed by atoms with van der Waals surface area (Å²) in [4.78, 5) is 32.7. The molecule has 9 heteroatoms. The van der Waals surface area contributed by atoms with E-state index in [0.29, 0.717) is 50.3 Å². The van der Waals surface area contributed by atoms with E-state index >= 15 is 0 Å². The number of likely N-dealkylation sites (tertiary alicyclic amines) is 1. The summed E-state index contributed by atoms with van der Waals surface area (Å²) in [6, 6.07) is 6.32. The fraction of sp³-hybridized carbons (Fsp3) is 0.480. The molecule has 1 atom stereocenters. The van der Waals surface area contributed by atoms with E-state index < -0.39 is 17.9 Å². The third kappa shape index (κ3) is 3.86. The molecule has 1 aromatic carbocycles. The van der Waals surface area contributed by atoms with Gasteiger partial charge in [-0.2, -0.15) is 0 Å². The number of benzene rings is 1. The van der Waals surface area contributed by atoms with Gasteiger partial charge in [0.25, 0.3) is 6.43 Å². The summed E-state index contributed by atoms with van der Waals surface area (Å²) in [6.45, 7) is 4.51. The van der Waals surface area contributed by atoms with Crippen molar-refractivity contribution in [1.82, 2.24) is 9.88 Å². The van der Waals surface area contributed by atoms with Crippen LogP contribution < -0.4 is 4.90 Å². The van der Waals surface area contributed by atoms with Crippen LogP contribution in [-0.4, -0.2) is 53.0 Å². The Hall–Kier alpha value is -2.91. The second-order valence-corrected chi connectivity index (χ2v) is 9.43. The number of halogens is 2. The van der Waals surface area contributed by atoms with Crippen LogP contribution in [0.1, 0.15) is 64.5 Å². The number of fused-ring (bicyclic) bond motifs is 1. The Bertz CT molecular complexity index is 1110. The number of ether oxygens (including phenoxy) is 1. The van der Waals surface area contributed by atoms with Crippen molar-refractivity contribution in [2.45, 2.75) is 45.3 Å². The van der Waals surface area contributed by atoms with Crippen molar-refractivity contribution in [3.05, 3.63) is 58.4 Å². The van der Waals surface area contributed by atoms with Gasteiger partial charge in [-0.3, -0.25) is 9.78 Å². The highest BCUT2D eigenvalue weighted by molar-refractivity contribution is 5.99. The van der Waals surface area contributed by atoms with Crippen molar-refractivity contribution < 1.29 is 28.2 Å². The van der Waals surface area contributed by atoms with E-state index in [9.17, 15) is 23.5 Å². The number of hydrogen-bond acceptors (Lipinski definition) is 6. The highest BCUT2D eigenvalue weighted by Crippen LogP contribution is 2.43. The van der Waals surface area contributed by atoms with E-state index in [-0.39, 0.29) is 24.2 Å². The van der Waals surface area contributed by atoms with Crippen molar-refractivity contribution in [3.8, 4) is 0 Å². The van der Waals surface area contributed by atoms with Crippen LogP contribution in [0.15, 0.2) is 30.5 Å². The third-order valence-corrected chi connectivity index (χ3v) is 7.63. The number of carbonyl (C=O) groups excluding carboxylic acids is 2. The number of rotatable bonds is 5. The molecular formula is C25H27F2N3O4. The number of esters is 1. The number of pyridine rings is 1. The highest BCUT2D eigenvalue weighted by Gasteiger charge is 2.48. The summed E-state index contributed by atoms with van der Waals surface area (Å²) in [6.07, 6.45) is 0.0980. The zero-order valence-corrected chi connectivity index (χ0v) is 19.0. The molecule has 34 heavy (non-hydrogen) atoms. The summed E-state index contributed by atoms with van der Waals surface area (Å²) < 4.78 is 30.7. The van der Waals surface area contributed by atoms with Crippen molar-refractivity contribution >= 4 is 17.6 Å². The van der Waals surface area contributed by atoms with Gasteiger partial charge < -0.3 is 19.6 Å². The number of aliphatic hydroxyl groups excluding tert-OH is 1. The highest BCUT2D eigenvalue weighted by atomic mass is 19.3. The van der Waals surface area contributed by atoms with Crippen LogP contribution in [0.2, 0.25) is 0 Å². The van der Waals surface area contributed by atoms with E-state index in [1.54, 1.807) is 17.0 Å². The predicted molar refractivity (Wildman–Crippen MR) is 120 cm³/mol. The molecule has 4 heterocycles. The number of cyclic esters (lactones) is 1. The molecule has 0 aliphatic carbocycles. The Morgan fingerprint density at radius 1 is 1.12 bits per heavy atom. The van der Waals surface area contributed by atoms with E-state index in [0.717, 1.165) is 23.1 Å². The van der Waals surface area contributed by atoms with Gasteiger partial charge in [0.1, 0.15) is 12.3 Å². The van der Waals surface area contributed by atoms with Gasteiger partial charge in [0.05, 0.1) is 29.0 Å². The molecule has 0 saturated carbocycles. The lowest BCUT2D eigenvalue weighted by molar-refractivity contribution is -0.128. The van der Waals surface area contributed by atoms with Crippen LogP contribution >= 0.6 is 0 Å². The van der Waals surface area contributed by atoms with Crippen molar-refractivity contribution in [2.24, 2.45) is 5.41 Å². The number of anilines is 1. The smallest absolute Gasteiger partial charge is 0.338 e. The standard InChI is InChI=1S/C25H27F2N3O4/c1-15-17(3-4-18-19(15)14-34-23(18)32)21(31)13-29-9-6-25(7-10-29)8-11-30(24(25)33)16-2-5-20(22(26)27)28-12-16/h2-5,12,21-22,31H,6-11,13-14H2,1H3/t21-/m0/s1. The Kier molecular flexibility index (Phi) is 5.85. The molecule has 0 radical (unpaired) electrons. The first kappa shape index (κ1) is 22.9. The SMILES string of the molecule is Cc1c([C@@H](O)CN2CCC3(CC2)CCN(c2ccc(C(F)F)nc2)C3=O)ccc2c1COC2=O. The average molecular weight is 472 g/mol. The number of amides is 1. The third-order valence-electron chi connectivity index (χ3n) is 7.63. The molecule has 180 valence electrons. The molecule has 3 aliphatic rings. The number of aromatic nitrogens is 1. The van der Waals surface area contributed by atoms with Gasteiger partial charge in [-0.25, -0.2) is 13.6 Å². The molecule has 1 N–H and O–H groups in total. The average Bonchev–Trinajstić information content (AvgIpc) is 3.36. The van der Waals surface area contributed by atoms with E-state index in [1.165, 1.54) is 18.3 Å². The van der Waals surface area contributed by atoms with E-state index in [4.69, 9.17) is 4.74 Å². The minimum Gasteiger partial charge on any atom is -0.457 e. The maximum Gasteiger partial charge on any atom is 0.338 e. The largest absolute Gasteiger partial charge is 0.457 e. The molecule has 1 spiro atoms. The molecule has 0 bridgehead atoms. The summed E-state index contributed by atoms with van der Waals surface area (Å²) in [7, 11) is 0. The topological polar surface area (TPSA) is 83.0 Å². The Morgan fingerprint density at radius 2 is 1.85 bits per heavy atom. The van der Waals surface area contributed by atoms with Gasteiger partial charge in [0.15, 0.2) is 0 Å². The first-order valence-corrected chi connectivity index (χ1v) is 11.5.